The van der Waals surface area contributed by atoms with Crippen LogP contribution in [0.15, 0.2) is 84.9 Å². The summed E-state index contributed by atoms with van der Waals surface area (Å²) in [5, 5.41) is 3.12. The number of aromatic amines is 2. The number of rotatable bonds is 5. The Labute approximate surface area is 233 Å². The van der Waals surface area contributed by atoms with E-state index in [9.17, 15) is 9.59 Å². The number of H-pyrrole nitrogens is 2. The van der Waals surface area contributed by atoms with Crippen LogP contribution in [-0.4, -0.2) is 65.7 Å². The van der Waals surface area contributed by atoms with E-state index in [2.05, 4.69) is 35.2 Å². The number of pyridine rings is 2. The van der Waals surface area contributed by atoms with Crippen molar-refractivity contribution < 1.29 is 9.59 Å². The lowest BCUT2D eigenvalue weighted by molar-refractivity contribution is 0.0763. The molecule has 10 nitrogen and oxygen atoms in total. The molecule has 4 aromatic heterocycles. The molecule has 1 saturated carbocycles. The van der Waals surface area contributed by atoms with Gasteiger partial charge in [0.25, 0.3) is 11.8 Å². The fourth-order valence-corrected chi connectivity index (χ4v) is 5.82. The van der Waals surface area contributed by atoms with Crippen molar-refractivity contribution in [3.05, 3.63) is 96.3 Å². The van der Waals surface area contributed by atoms with E-state index in [0.717, 1.165) is 22.1 Å². The molecule has 1 saturated heterocycles. The number of piperidine rings is 1. The minimum atomic E-state index is -0.222. The van der Waals surface area contributed by atoms with E-state index in [1.54, 1.807) is 12.1 Å². The topological polar surface area (TPSA) is 133 Å². The zero-order valence-corrected chi connectivity index (χ0v) is 21.8. The number of hydrogen-bond acceptors (Lipinski definition) is 6. The molecule has 2 aliphatic rings. The zero-order chi connectivity index (χ0) is 27.5. The molecule has 2 fully saturated rings. The third-order valence-electron chi connectivity index (χ3n) is 7.99. The van der Waals surface area contributed by atoms with Gasteiger partial charge in [-0.25, -0.2) is 19.9 Å². The summed E-state index contributed by atoms with van der Waals surface area (Å²) in [5.74, 6) is 1.36. The summed E-state index contributed by atoms with van der Waals surface area (Å²) in [6.07, 6.45) is 0. The molecule has 10 heteroatoms. The monoisotopic (exact) mass is 540 g/mol. The van der Waals surface area contributed by atoms with Crippen LogP contribution in [0.25, 0.3) is 45.1 Å². The Morgan fingerprint density at radius 3 is 1.78 bits per heavy atom. The number of carbonyl (C=O) groups is 2. The number of benzene rings is 2. The minimum Gasteiger partial charge on any atom is -0.347 e. The van der Waals surface area contributed by atoms with Crippen LogP contribution in [0.4, 0.5) is 0 Å². The van der Waals surface area contributed by atoms with Gasteiger partial charge in [-0.2, -0.15) is 0 Å². The van der Waals surface area contributed by atoms with Crippen molar-refractivity contribution in [1.82, 2.24) is 40.1 Å². The maximum atomic E-state index is 13.3. The highest BCUT2D eigenvalue weighted by atomic mass is 16.2. The Balaban J connectivity index is 0.921. The Bertz CT molecular complexity index is 1900. The van der Waals surface area contributed by atoms with Crippen LogP contribution in [0.1, 0.15) is 21.0 Å². The molecule has 200 valence electrons. The van der Waals surface area contributed by atoms with Crippen LogP contribution < -0.4 is 5.32 Å². The lowest BCUT2D eigenvalue weighted by Crippen LogP contribution is -2.38. The molecular formula is C31H24N8O2. The summed E-state index contributed by atoms with van der Waals surface area (Å²) in [6.45, 7) is 1.16. The van der Waals surface area contributed by atoms with E-state index in [0.29, 0.717) is 47.5 Å². The van der Waals surface area contributed by atoms with Crippen LogP contribution in [0.3, 0.4) is 0 Å². The van der Waals surface area contributed by atoms with Crippen molar-refractivity contribution >= 4 is 33.9 Å². The Kier molecular flexibility index (Phi) is 5.21. The minimum absolute atomic E-state index is 0.0260. The highest BCUT2D eigenvalue weighted by Crippen LogP contribution is 2.46. The van der Waals surface area contributed by atoms with Crippen molar-refractivity contribution in [2.45, 2.75) is 6.04 Å². The van der Waals surface area contributed by atoms with E-state index >= 15 is 0 Å². The average Bonchev–Trinajstić information content (AvgIpc) is 3.48. The van der Waals surface area contributed by atoms with Crippen LogP contribution in [0.2, 0.25) is 0 Å². The number of aromatic nitrogens is 6. The van der Waals surface area contributed by atoms with Gasteiger partial charge < -0.3 is 20.2 Å². The molecule has 1 aliphatic carbocycles. The van der Waals surface area contributed by atoms with E-state index in [1.165, 1.54) is 0 Å². The van der Waals surface area contributed by atoms with Crippen LogP contribution in [0, 0.1) is 11.8 Å². The Morgan fingerprint density at radius 2 is 1.20 bits per heavy atom. The van der Waals surface area contributed by atoms with Gasteiger partial charge in [0.05, 0.1) is 22.1 Å². The number of amides is 2. The maximum absolute atomic E-state index is 13.3. The van der Waals surface area contributed by atoms with Crippen molar-refractivity contribution in [2.24, 2.45) is 11.8 Å². The molecule has 6 aromatic rings. The van der Waals surface area contributed by atoms with Gasteiger partial charge in [0.1, 0.15) is 22.8 Å². The van der Waals surface area contributed by atoms with E-state index in [4.69, 9.17) is 0 Å². The quantitative estimate of drug-likeness (QED) is 0.302. The third-order valence-corrected chi connectivity index (χ3v) is 7.99. The summed E-state index contributed by atoms with van der Waals surface area (Å²) in [5.41, 5.74) is 5.50. The second-order valence-corrected chi connectivity index (χ2v) is 10.6. The van der Waals surface area contributed by atoms with Crippen LogP contribution in [0.5, 0.6) is 0 Å². The van der Waals surface area contributed by atoms with Gasteiger partial charge in [-0.15, -0.1) is 0 Å². The van der Waals surface area contributed by atoms with Crippen molar-refractivity contribution in [3.63, 3.8) is 0 Å². The van der Waals surface area contributed by atoms with Crippen LogP contribution in [-0.2, 0) is 0 Å². The Hall–Kier alpha value is -5.38. The van der Waals surface area contributed by atoms with Gasteiger partial charge in [0.2, 0.25) is 0 Å². The molecular weight excluding hydrogens is 516 g/mol. The number of nitrogens with one attached hydrogen (secondary N) is 3. The molecule has 3 N–H and O–H groups in total. The first-order valence-corrected chi connectivity index (χ1v) is 13.6. The van der Waals surface area contributed by atoms with Gasteiger partial charge in [-0.1, -0.05) is 36.4 Å². The van der Waals surface area contributed by atoms with Gasteiger partial charge in [0.15, 0.2) is 11.6 Å². The summed E-state index contributed by atoms with van der Waals surface area (Å²) >= 11 is 0. The SMILES string of the molecule is O=C(NC1C2CN(C(=O)c3cccc(-c4nc5ccccc5[nH]4)n3)CC21)c1cccc(-c2nc3ccccc3[nH]2)n1. The second kappa shape index (κ2) is 9.09. The molecule has 2 amide bonds. The first-order chi connectivity index (χ1) is 20.1. The standard InChI is InChI=1S/C31H24N8O2/c40-30(25-13-5-11-23(32-25)28-34-19-7-1-2-8-20(19)35-28)38-27-17-15-39(16-18(17)27)31(41)26-14-6-12-24(33-26)29-36-21-9-3-4-10-22(21)37-29/h1-14,17-18,27H,15-16H2,(H,34,35)(H,36,37)(H,38,40). The predicted octanol–water partition coefficient (Wildman–Crippen LogP) is 4.06. The number of hydrogen-bond donors (Lipinski definition) is 3. The van der Waals surface area contributed by atoms with Crippen molar-refractivity contribution in [3.8, 4) is 23.0 Å². The third kappa shape index (κ3) is 4.11. The number of carbonyl (C=O) groups excluding carboxylic acids is 2. The normalized spacial score (nSPS) is 19.4. The molecule has 8 rings (SSSR count). The molecule has 0 radical (unpaired) electrons. The summed E-state index contributed by atoms with van der Waals surface area (Å²) < 4.78 is 0. The first-order valence-electron chi connectivity index (χ1n) is 13.6. The molecule has 0 bridgehead atoms. The average molecular weight is 541 g/mol. The van der Waals surface area contributed by atoms with E-state index in [1.807, 2.05) is 77.7 Å². The molecule has 41 heavy (non-hydrogen) atoms. The number of likely N-dealkylation sites (tertiary alicyclic amines) is 1. The lowest BCUT2D eigenvalue weighted by atomic mass is 10.2. The molecule has 2 aromatic carbocycles. The van der Waals surface area contributed by atoms with Crippen molar-refractivity contribution in [2.75, 3.05) is 13.1 Å². The summed E-state index contributed by atoms with van der Waals surface area (Å²) in [6, 6.07) is 26.3. The largest absolute Gasteiger partial charge is 0.347 e. The van der Waals surface area contributed by atoms with Gasteiger partial charge in [-0.3, -0.25) is 9.59 Å². The van der Waals surface area contributed by atoms with Crippen molar-refractivity contribution in [1.29, 1.82) is 0 Å². The summed E-state index contributed by atoms with van der Waals surface area (Å²) in [7, 11) is 0. The van der Waals surface area contributed by atoms with Crippen LogP contribution >= 0.6 is 0 Å². The zero-order valence-electron chi connectivity index (χ0n) is 21.8. The molecule has 5 heterocycles. The number of fused-ring (bicyclic) bond motifs is 3. The number of para-hydroxylation sites is 4. The summed E-state index contributed by atoms with van der Waals surface area (Å²) in [4.78, 5) is 53.0. The fraction of sp³-hybridized carbons (Fsp3) is 0.161. The predicted molar refractivity (Wildman–Crippen MR) is 153 cm³/mol. The highest BCUT2D eigenvalue weighted by Gasteiger charge is 2.57. The first kappa shape index (κ1) is 23.5. The van der Waals surface area contributed by atoms with E-state index < -0.39 is 0 Å². The second-order valence-electron chi connectivity index (χ2n) is 10.6. The maximum Gasteiger partial charge on any atom is 0.272 e. The number of nitrogens with zero attached hydrogens (tertiary/aromatic N) is 5. The smallest absolute Gasteiger partial charge is 0.272 e. The molecule has 0 spiro atoms. The molecule has 1 aliphatic heterocycles. The molecule has 2 unspecified atom stereocenters. The highest BCUT2D eigenvalue weighted by molar-refractivity contribution is 5.94. The van der Waals surface area contributed by atoms with E-state index in [-0.39, 0.29) is 29.7 Å². The van der Waals surface area contributed by atoms with Gasteiger partial charge >= 0.3 is 0 Å². The van der Waals surface area contributed by atoms with Gasteiger partial charge in [0, 0.05) is 31.0 Å². The fourth-order valence-electron chi connectivity index (χ4n) is 5.82. The van der Waals surface area contributed by atoms with Gasteiger partial charge in [-0.05, 0) is 48.5 Å². The Morgan fingerprint density at radius 1 is 0.659 bits per heavy atom. The molecule has 2 atom stereocenters. The number of imidazole rings is 2. The lowest BCUT2D eigenvalue weighted by Gasteiger charge is -2.20.